The highest BCUT2D eigenvalue weighted by molar-refractivity contribution is 5.91. The van der Waals surface area contributed by atoms with Crippen LogP contribution in [0.4, 0.5) is 5.69 Å². The van der Waals surface area contributed by atoms with Gasteiger partial charge in [-0.3, -0.25) is 9.78 Å². The Morgan fingerprint density at radius 3 is 3.00 bits per heavy atom. The number of hydrogen-bond acceptors (Lipinski definition) is 3. The molecule has 0 unspecified atom stereocenters. The van der Waals surface area contributed by atoms with Gasteiger partial charge < -0.3 is 10.2 Å². The average Bonchev–Trinajstić information content (AvgIpc) is 3.01. The molecule has 1 N–H and O–H groups in total. The summed E-state index contributed by atoms with van der Waals surface area (Å²) < 4.78 is 0. The number of allylic oxidation sites excluding steroid dienone is 1. The van der Waals surface area contributed by atoms with E-state index in [1.165, 1.54) is 0 Å². The van der Waals surface area contributed by atoms with Crippen molar-refractivity contribution in [1.29, 1.82) is 0 Å². The van der Waals surface area contributed by atoms with Crippen LogP contribution in [0.2, 0.25) is 0 Å². The monoisotopic (exact) mass is 309 g/mol. The Balaban J connectivity index is 1.67. The van der Waals surface area contributed by atoms with Crippen LogP contribution in [0.3, 0.4) is 0 Å². The van der Waals surface area contributed by atoms with E-state index in [4.69, 9.17) is 0 Å². The summed E-state index contributed by atoms with van der Waals surface area (Å²) in [6.07, 6.45) is 6.46. The van der Waals surface area contributed by atoms with E-state index in [9.17, 15) is 4.79 Å². The highest BCUT2D eigenvalue weighted by Gasteiger charge is 2.25. The number of likely N-dealkylation sites (tertiary alicyclic amines) is 1. The molecular formula is C19H23N3O. The van der Waals surface area contributed by atoms with Crippen LogP contribution in [0.25, 0.3) is 10.9 Å². The third kappa shape index (κ3) is 3.70. The molecular weight excluding hydrogens is 286 g/mol. The van der Waals surface area contributed by atoms with Crippen LogP contribution in [-0.2, 0) is 4.79 Å². The van der Waals surface area contributed by atoms with Gasteiger partial charge in [0.15, 0.2) is 0 Å². The predicted molar refractivity (Wildman–Crippen MR) is 94.3 cm³/mol. The third-order valence-electron chi connectivity index (χ3n) is 4.13. The van der Waals surface area contributed by atoms with Gasteiger partial charge in [0.25, 0.3) is 0 Å². The third-order valence-corrected chi connectivity index (χ3v) is 4.13. The first-order chi connectivity index (χ1) is 11.1. The molecule has 4 heteroatoms. The lowest BCUT2D eigenvalue weighted by atomic mass is 10.1. The second kappa shape index (κ2) is 6.82. The molecule has 1 aromatic heterocycles. The molecule has 1 aliphatic rings. The van der Waals surface area contributed by atoms with Gasteiger partial charge in [-0.1, -0.05) is 38.1 Å². The largest absolute Gasteiger partial charge is 0.380 e. The second-order valence-corrected chi connectivity index (χ2v) is 6.39. The number of pyridine rings is 1. The van der Waals surface area contributed by atoms with Crippen molar-refractivity contribution in [3.05, 3.63) is 48.7 Å². The molecule has 3 rings (SSSR count). The molecule has 1 fully saturated rings. The standard InChI is InChI=1S/C19H23N3O/c1-14(2)7-8-19(23)22-12-10-15(13-22)21-18-9-11-20-17-6-4-3-5-16(17)18/h3-9,11,14-15H,10,12-13H2,1-2H3,(H,20,21)/b8-7+/t15-/m1/s1. The van der Waals surface area contributed by atoms with Crippen LogP contribution >= 0.6 is 0 Å². The summed E-state index contributed by atoms with van der Waals surface area (Å²) in [5, 5.41) is 4.70. The summed E-state index contributed by atoms with van der Waals surface area (Å²) in [6, 6.07) is 10.4. The van der Waals surface area contributed by atoms with Crippen LogP contribution in [0.15, 0.2) is 48.7 Å². The maximum Gasteiger partial charge on any atom is 0.246 e. The number of para-hydroxylation sites is 1. The van der Waals surface area contributed by atoms with Gasteiger partial charge in [-0.2, -0.15) is 0 Å². The van der Waals surface area contributed by atoms with Crippen molar-refractivity contribution >= 4 is 22.5 Å². The molecule has 2 aromatic rings. The number of nitrogens with zero attached hydrogens (tertiary/aromatic N) is 2. The van der Waals surface area contributed by atoms with E-state index >= 15 is 0 Å². The van der Waals surface area contributed by atoms with Crippen molar-refractivity contribution in [2.75, 3.05) is 18.4 Å². The maximum atomic E-state index is 12.2. The lowest BCUT2D eigenvalue weighted by Gasteiger charge is -2.17. The Morgan fingerprint density at radius 1 is 1.35 bits per heavy atom. The summed E-state index contributed by atoms with van der Waals surface area (Å²) in [5.41, 5.74) is 2.08. The predicted octanol–water partition coefficient (Wildman–Crippen LogP) is 3.46. The molecule has 1 aromatic carbocycles. The first-order valence-corrected chi connectivity index (χ1v) is 8.21. The first-order valence-electron chi connectivity index (χ1n) is 8.21. The summed E-state index contributed by atoms with van der Waals surface area (Å²) >= 11 is 0. The molecule has 23 heavy (non-hydrogen) atoms. The van der Waals surface area contributed by atoms with Crippen LogP contribution in [-0.4, -0.2) is 34.9 Å². The van der Waals surface area contributed by atoms with Gasteiger partial charge in [0.1, 0.15) is 0 Å². The number of rotatable bonds is 4. The van der Waals surface area contributed by atoms with Crippen molar-refractivity contribution < 1.29 is 4.79 Å². The van der Waals surface area contributed by atoms with Gasteiger partial charge >= 0.3 is 0 Å². The van der Waals surface area contributed by atoms with E-state index in [1.807, 2.05) is 41.4 Å². The highest BCUT2D eigenvalue weighted by Crippen LogP contribution is 2.24. The van der Waals surface area contributed by atoms with E-state index in [1.54, 1.807) is 6.08 Å². The number of anilines is 1. The summed E-state index contributed by atoms with van der Waals surface area (Å²) in [4.78, 5) is 18.5. The van der Waals surface area contributed by atoms with E-state index in [0.29, 0.717) is 5.92 Å². The van der Waals surface area contributed by atoms with Crippen molar-refractivity contribution in [2.24, 2.45) is 5.92 Å². The zero-order chi connectivity index (χ0) is 16.2. The molecule has 0 radical (unpaired) electrons. The van der Waals surface area contributed by atoms with Crippen LogP contribution in [0.1, 0.15) is 20.3 Å². The molecule has 1 atom stereocenters. The minimum Gasteiger partial charge on any atom is -0.380 e. The van der Waals surface area contributed by atoms with Crippen LogP contribution < -0.4 is 5.32 Å². The number of aromatic nitrogens is 1. The fraction of sp³-hybridized carbons (Fsp3) is 0.368. The summed E-state index contributed by atoms with van der Waals surface area (Å²) in [5.74, 6) is 0.515. The molecule has 0 bridgehead atoms. The average molecular weight is 309 g/mol. The molecule has 4 nitrogen and oxygen atoms in total. The lowest BCUT2D eigenvalue weighted by molar-refractivity contribution is -0.125. The zero-order valence-corrected chi connectivity index (χ0v) is 13.7. The zero-order valence-electron chi connectivity index (χ0n) is 13.7. The van der Waals surface area contributed by atoms with E-state index in [2.05, 4.69) is 30.2 Å². The Kier molecular flexibility index (Phi) is 4.60. The molecule has 0 spiro atoms. The Labute approximate surface area is 137 Å². The number of carbonyl (C=O) groups excluding carboxylic acids is 1. The van der Waals surface area contributed by atoms with Crippen molar-refractivity contribution in [2.45, 2.75) is 26.3 Å². The van der Waals surface area contributed by atoms with Gasteiger partial charge in [0.05, 0.1) is 5.52 Å². The Hall–Kier alpha value is -2.36. The van der Waals surface area contributed by atoms with Gasteiger partial charge in [-0.25, -0.2) is 0 Å². The quantitative estimate of drug-likeness (QED) is 0.880. The minimum atomic E-state index is 0.114. The highest BCUT2D eigenvalue weighted by atomic mass is 16.2. The molecule has 1 saturated heterocycles. The maximum absolute atomic E-state index is 12.2. The SMILES string of the molecule is CC(C)/C=C/C(=O)N1CC[C@@H](Nc2ccnc3ccccc23)C1. The van der Waals surface area contributed by atoms with Gasteiger partial charge in [0.2, 0.25) is 5.91 Å². The number of benzene rings is 1. The van der Waals surface area contributed by atoms with Crippen molar-refractivity contribution in [3.8, 4) is 0 Å². The summed E-state index contributed by atoms with van der Waals surface area (Å²) in [7, 11) is 0. The number of hydrogen-bond donors (Lipinski definition) is 1. The number of amides is 1. The van der Waals surface area contributed by atoms with E-state index in [-0.39, 0.29) is 11.9 Å². The van der Waals surface area contributed by atoms with Crippen molar-refractivity contribution in [3.63, 3.8) is 0 Å². The topological polar surface area (TPSA) is 45.2 Å². The van der Waals surface area contributed by atoms with Crippen molar-refractivity contribution in [1.82, 2.24) is 9.88 Å². The Morgan fingerprint density at radius 2 is 2.17 bits per heavy atom. The van der Waals surface area contributed by atoms with Gasteiger partial charge in [0, 0.05) is 36.4 Å². The van der Waals surface area contributed by atoms with E-state index < -0.39 is 0 Å². The number of nitrogens with one attached hydrogen (secondary N) is 1. The van der Waals surface area contributed by atoms with E-state index in [0.717, 1.165) is 36.1 Å². The normalized spacial score (nSPS) is 18.2. The molecule has 0 saturated carbocycles. The molecule has 1 amide bonds. The Bertz CT molecular complexity index is 718. The molecule has 120 valence electrons. The molecule has 0 aliphatic carbocycles. The van der Waals surface area contributed by atoms with Gasteiger partial charge in [-0.15, -0.1) is 0 Å². The van der Waals surface area contributed by atoms with Gasteiger partial charge in [-0.05, 0) is 30.5 Å². The summed E-state index contributed by atoms with van der Waals surface area (Å²) in [6.45, 7) is 5.71. The molecule has 1 aliphatic heterocycles. The second-order valence-electron chi connectivity index (χ2n) is 6.39. The minimum absolute atomic E-state index is 0.114. The number of fused-ring (bicyclic) bond motifs is 1. The fourth-order valence-electron chi connectivity index (χ4n) is 2.90. The number of carbonyl (C=O) groups is 1. The first kappa shape index (κ1) is 15.5. The fourth-order valence-corrected chi connectivity index (χ4v) is 2.90. The lowest BCUT2D eigenvalue weighted by Crippen LogP contribution is -2.30. The molecule has 2 heterocycles. The smallest absolute Gasteiger partial charge is 0.246 e. The van der Waals surface area contributed by atoms with Crippen LogP contribution in [0.5, 0.6) is 0 Å². The van der Waals surface area contributed by atoms with Crippen LogP contribution in [0, 0.1) is 5.92 Å².